The van der Waals surface area contributed by atoms with Crippen molar-refractivity contribution in [3.63, 3.8) is 0 Å². The number of piperidine rings is 1. The number of benzene rings is 2. The van der Waals surface area contributed by atoms with Gasteiger partial charge in [-0.05, 0) is 49.2 Å². The molecule has 0 spiro atoms. The van der Waals surface area contributed by atoms with Gasteiger partial charge in [0.25, 0.3) is 5.91 Å². The highest BCUT2D eigenvalue weighted by Gasteiger charge is 2.27. The van der Waals surface area contributed by atoms with Crippen molar-refractivity contribution >= 4 is 27.0 Å². The van der Waals surface area contributed by atoms with Crippen molar-refractivity contribution in [3.8, 4) is 0 Å². The van der Waals surface area contributed by atoms with Gasteiger partial charge in [0, 0.05) is 31.1 Å². The first-order chi connectivity index (χ1) is 14.0. The molecule has 8 heteroatoms. The zero-order valence-electron chi connectivity index (χ0n) is 16.3. The molecule has 0 radical (unpaired) electrons. The Kier molecular flexibility index (Phi) is 5.38. The molecule has 1 aliphatic rings. The Balaban J connectivity index is 1.50. The molecule has 1 aliphatic heterocycles. The number of carbonyl (C=O) groups excluding carboxylic acids is 1. The molecule has 7 nitrogen and oxygen atoms in total. The Bertz CT molecular complexity index is 1090. The second-order valence-electron chi connectivity index (χ2n) is 7.26. The number of aromatic nitrogens is 2. The number of hydrogen-bond donors (Lipinski definition) is 2. The topological polar surface area (TPSA) is 95.2 Å². The van der Waals surface area contributed by atoms with E-state index in [2.05, 4.69) is 9.71 Å². The summed E-state index contributed by atoms with van der Waals surface area (Å²) in [4.78, 5) is 23.0. The monoisotopic (exact) mass is 412 g/mol. The zero-order chi connectivity index (χ0) is 20.4. The van der Waals surface area contributed by atoms with Crippen LogP contribution in [0.1, 0.15) is 41.9 Å². The first-order valence-electron chi connectivity index (χ1n) is 9.81. The zero-order valence-corrected chi connectivity index (χ0v) is 17.1. The summed E-state index contributed by atoms with van der Waals surface area (Å²) in [6, 6.07) is 14.0. The normalized spacial score (nSPS) is 17.6. The van der Waals surface area contributed by atoms with Crippen LogP contribution in [0.3, 0.4) is 0 Å². The molecular weight excluding hydrogens is 388 g/mol. The van der Waals surface area contributed by atoms with Gasteiger partial charge in [-0.3, -0.25) is 4.79 Å². The van der Waals surface area contributed by atoms with Crippen LogP contribution in [0.15, 0.2) is 53.4 Å². The lowest BCUT2D eigenvalue weighted by molar-refractivity contribution is 0.0705. The van der Waals surface area contributed by atoms with Crippen molar-refractivity contribution in [1.82, 2.24) is 19.6 Å². The maximum atomic E-state index is 13.0. The standard InChI is InChI=1S/C21H24N4O3S/c1-2-22-29(27,28)17-11-9-15(10-12-17)21(26)25-13-5-6-16(14-25)20-23-18-7-3-4-8-19(18)24-20/h3-4,7-12,16,22H,2,5-6,13-14H2,1H3,(H,23,24)/t16-/m0/s1. The smallest absolute Gasteiger partial charge is 0.253 e. The first-order valence-corrected chi connectivity index (χ1v) is 11.3. The van der Waals surface area contributed by atoms with Crippen molar-refractivity contribution in [1.29, 1.82) is 0 Å². The number of para-hydroxylation sites is 2. The van der Waals surface area contributed by atoms with Crippen molar-refractivity contribution in [2.75, 3.05) is 19.6 Å². The Morgan fingerprint density at radius 1 is 1.21 bits per heavy atom. The van der Waals surface area contributed by atoms with E-state index in [0.29, 0.717) is 25.2 Å². The van der Waals surface area contributed by atoms with E-state index in [1.165, 1.54) is 12.1 Å². The molecule has 1 amide bonds. The van der Waals surface area contributed by atoms with Crippen LogP contribution in [0.25, 0.3) is 11.0 Å². The highest BCUT2D eigenvalue weighted by Crippen LogP contribution is 2.27. The second kappa shape index (κ2) is 7.96. The molecule has 0 unspecified atom stereocenters. The Hall–Kier alpha value is -2.71. The van der Waals surface area contributed by atoms with Gasteiger partial charge in [-0.15, -0.1) is 0 Å². The SMILES string of the molecule is CCNS(=O)(=O)c1ccc(C(=O)N2CCC[C@H](c3nc4ccccc4[nH]3)C2)cc1. The molecule has 0 aliphatic carbocycles. The maximum Gasteiger partial charge on any atom is 0.253 e. The van der Waals surface area contributed by atoms with Crippen molar-refractivity contribution < 1.29 is 13.2 Å². The van der Waals surface area contributed by atoms with E-state index in [-0.39, 0.29) is 16.7 Å². The van der Waals surface area contributed by atoms with E-state index < -0.39 is 10.0 Å². The maximum absolute atomic E-state index is 13.0. The Morgan fingerprint density at radius 3 is 2.69 bits per heavy atom. The molecule has 0 saturated carbocycles. The summed E-state index contributed by atoms with van der Waals surface area (Å²) < 4.78 is 26.6. The molecule has 1 aromatic heterocycles. The molecule has 2 N–H and O–H groups in total. The van der Waals surface area contributed by atoms with Crippen LogP contribution < -0.4 is 4.72 Å². The van der Waals surface area contributed by atoms with E-state index in [1.54, 1.807) is 19.1 Å². The average molecular weight is 413 g/mol. The number of nitrogens with one attached hydrogen (secondary N) is 2. The molecular formula is C21H24N4O3S. The van der Waals surface area contributed by atoms with E-state index in [9.17, 15) is 13.2 Å². The highest BCUT2D eigenvalue weighted by molar-refractivity contribution is 7.89. The molecule has 3 aromatic rings. The van der Waals surface area contributed by atoms with Gasteiger partial charge in [0.15, 0.2) is 0 Å². The number of amides is 1. The molecule has 29 heavy (non-hydrogen) atoms. The molecule has 1 saturated heterocycles. The predicted octanol–water partition coefficient (Wildman–Crippen LogP) is 2.88. The minimum absolute atomic E-state index is 0.0850. The minimum Gasteiger partial charge on any atom is -0.342 e. The summed E-state index contributed by atoms with van der Waals surface area (Å²) >= 11 is 0. The second-order valence-corrected chi connectivity index (χ2v) is 9.02. The van der Waals surface area contributed by atoms with Gasteiger partial charge in [-0.1, -0.05) is 19.1 Å². The van der Waals surface area contributed by atoms with Gasteiger partial charge in [0.05, 0.1) is 15.9 Å². The lowest BCUT2D eigenvalue weighted by atomic mass is 9.96. The molecule has 4 rings (SSSR count). The number of aromatic amines is 1. The Morgan fingerprint density at radius 2 is 1.97 bits per heavy atom. The molecule has 1 atom stereocenters. The molecule has 1 fully saturated rings. The molecule has 152 valence electrons. The number of imidazole rings is 1. The summed E-state index contributed by atoms with van der Waals surface area (Å²) in [7, 11) is -3.52. The van der Waals surface area contributed by atoms with E-state index in [0.717, 1.165) is 29.7 Å². The summed E-state index contributed by atoms with van der Waals surface area (Å²) in [5.41, 5.74) is 2.43. The highest BCUT2D eigenvalue weighted by atomic mass is 32.2. The minimum atomic E-state index is -3.52. The number of likely N-dealkylation sites (tertiary alicyclic amines) is 1. The quantitative estimate of drug-likeness (QED) is 0.674. The predicted molar refractivity (Wildman–Crippen MR) is 111 cm³/mol. The van der Waals surface area contributed by atoms with Gasteiger partial charge < -0.3 is 9.88 Å². The number of sulfonamides is 1. The van der Waals surface area contributed by atoms with Crippen LogP contribution in [-0.4, -0.2) is 48.8 Å². The largest absolute Gasteiger partial charge is 0.342 e. The average Bonchev–Trinajstić information content (AvgIpc) is 3.18. The van der Waals surface area contributed by atoms with Crippen LogP contribution in [0.4, 0.5) is 0 Å². The first kappa shape index (κ1) is 19.6. The third-order valence-electron chi connectivity index (χ3n) is 5.25. The van der Waals surface area contributed by atoms with Gasteiger partial charge >= 0.3 is 0 Å². The molecule has 2 aromatic carbocycles. The van der Waals surface area contributed by atoms with Crippen LogP contribution in [-0.2, 0) is 10.0 Å². The summed E-state index contributed by atoms with van der Waals surface area (Å²) in [6.07, 6.45) is 1.88. The number of carbonyl (C=O) groups is 1. The number of fused-ring (bicyclic) bond motifs is 1. The van der Waals surface area contributed by atoms with Crippen molar-refractivity contribution in [3.05, 3.63) is 59.9 Å². The fraction of sp³-hybridized carbons (Fsp3) is 0.333. The van der Waals surface area contributed by atoms with Gasteiger partial charge in [0.1, 0.15) is 5.82 Å². The third kappa shape index (κ3) is 4.04. The van der Waals surface area contributed by atoms with E-state index in [1.807, 2.05) is 29.2 Å². The van der Waals surface area contributed by atoms with Gasteiger partial charge in [0.2, 0.25) is 10.0 Å². The van der Waals surface area contributed by atoms with Crippen LogP contribution in [0.5, 0.6) is 0 Å². The summed E-state index contributed by atoms with van der Waals surface area (Å²) in [5.74, 6) is 0.988. The van der Waals surface area contributed by atoms with Crippen molar-refractivity contribution in [2.24, 2.45) is 0 Å². The number of H-pyrrole nitrogens is 1. The van der Waals surface area contributed by atoms with Gasteiger partial charge in [-0.25, -0.2) is 18.1 Å². The van der Waals surface area contributed by atoms with Crippen LogP contribution >= 0.6 is 0 Å². The number of hydrogen-bond acceptors (Lipinski definition) is 4. The van der Waals surface area contributed by atoms with Crippen molar-refractivity contribution in [2.45, 2.75) is 30.6 Å². The summed E-state index contributed by atoms with van der Waals surface area (Å²) in [6.45, 7) is 3.33. The Labute approximate surface area is 170 Å². The third-order valence-corrected chi connectivity index (χ3v) is 6.81. The van der Waals surface area contributed by atoms with E-state index >= 15 is 0 Å². The lowest BCUT2D eigenvalue weighted by Crippen LogP contribution is -2.39. The number of nitrogens with zero attached hydrogens (tertiary/aromatic N) is 2. The van der Waals surface area contributed by atoms with Crippen LogP contribution in [0, 0.1) is 0 Å². The summed E-state index contributed by atoms with van der Waals surface area (Å²) in [5, 5.41) is 0. The number of rotatable bonds is 5. The fourth-order valence-electron chi connectivity index (χ4n) is 3.78. The van der Waals surface area contributed by atoms with Crippen LogP contribution in [0.2, 0.25) is 0 Å². The van der Waals surface area contributed by atoms with Gasteiger partial charge in [-0.2, -0.15) is 0 Å². The molecule has 0 bridgehead atoms. The lowest BCUT2D eigenvalue weighted by Gasteiger charge is -2.32. The molecule has 2 heterocycles. The van der Waals surface area contributed by atoms with E-state index in [4.69, 9.17) is 4.98 Å². The fourth-order valence-corrected chi connectivity index (χ4v) is 4.82.